The number of hydrogen-bond acceptors (Lipinski definition) is 2. The summed E-state index contributed by atoms with van der Waals surface area (Å²) >= 11 is 3.16. The third-order valence-electron chi connectivity index (χ3n) is 2.62. The normalized spacial score (nSPS) is 12.7. The van der Waals surface area contributed by atoms with Crippen LogP contribution in [0.1, 0.15) is 22.9 Å². The van der Waals surface area contributed by atoms with E-state index in [9.17, 15) is 4.39 Å². The quantitative estimate of drug-likeness (QED) is 0.937. The molecule has 1 atom stereocenters. The van der Waals surface area contributed by atoms with E-state index in [1.165, 1.54) is 6.07 Å². The smallest absolute Gasteiger partial charge is 0.137 e. The van der Waals surface area contributed by atoms with E-state index in [0.717, 1.165) is 16.9 Å². The molecule has 90 valence electrons. The Bertz CT molecular complexity index is 524. The molecule has 0 spiro atoms. The Balaban J connectivity index is 2.12. The molecule has 4 heteroatoms. The number of rotatable bonds is 3. The van der Waals surface area contributed by atoms with Crippen LogP contribution in [0.2, 0.25) is 0 Å². The molecule has 2 aromatic rings. The van der Waals surface area contributed by atoms with Crippen LogP contribution in [0.25, 0.3) is 0 Å². The van der Waals surface area contributed by atoms with Gasteiger partial charge in [-0.15, -0.1) is 0 Å². The number of nitrogens with two attached hydrogens (primary N) is 1. The lowest BCUT2D eigenvalue weighted by molar-refractivity contribution is 0.528. The van der Waals surface area contributed by atoms with E-state index < -0.39 is 0 Å². The maximum Gasteiger partial charge on any atom is 0.137 e. The molecule has 2 N–H and O–H groups in total. The van der Waals surface area contributed by atoms with Gasteiger partial charge in [0.2, 0.25) is 0 Å². The molecule has 0 saturated heterocycles. The monoisotopic (exact) mass is 297 g/mol. The first-order valence-electron chi connectivity index (χ1n) is 5.31. The van der Waals surface area contributed by atoms with Crippen molar-refractivity contribution in [3.8, 4) is 0 Å². The molecule has 0 radical (unpaired) electrons. The van der Waals surface area contributed by atoms with Crippen LogP contribution in [0.5, 0.6) is 0 Å². The average Bonchev–Trinajstić information content (AvgIpc) is 2.70. The highest BCUT2D eigenvalue weighted by Crippen LogP contribution is 2.22. The molecule has 0 aliphatic carbocycles. The summed E-state index contributed by atoms with van der Waals surface area (Å²) in [7, 11) is 0. The highest BCUT2D eigenvalue weighted by molar-refractivity contribution is 9.10. The Morgan fingerprint density at radius 3 is 2.76 bits per heavy atom. The predicted octanol–water partition coefficient (Wildman–Crippen LogP) is 3.73. The fraction of sp³-hybridized carbons (Fsp3) is 0.231. The van der Waals surface area contributed by atoms with Gasteiger partial charge in [-0.3, -0.25) is 0 Å². The van der Waals surface area contributed by atoms with Crippen molar-refractivity contribution in [1.82, 2.24) is 0 Å². The van der Waals surface area contributed by atoms with Crippen LogP contribution in [-0.2, 0) is 6.42 Å². The van der Waals surface area contributed by atoms with Gasteiger partial charge >= 0.3 is 0 Å². The Morgan fingerprint density at radius 2 is 2.18 bits per heavy atom. The van der Waals surface area contributed by atoms with Gasteiger partial charge in [-0.2, -0.15) is 0 Å². The minimum Gasteiger partial charge on any atom is -0.469 e. The van der Waals surface area contributed by atoms with E-state index in [1.807, 2.05) is 13.0 Å². The van der Waals surface area contributed by atoms with Crippen LogP contribution in [0.4, 0.5) is 4.39 Å². The molecule has 17 heavy (non-hydrogen) atoms. The van der Waals surface area contributed by atoms with E-state index in [0.29, 0.717) is 10.9 Å². The molecule has 2 nitrogen and oxygen atoms in total. The van der Waals surface area contributed by atoms with Crippen molar-refractivity contribution in [3.05, 3.63) is 57.7 Å². The zero-order chi connectivity index (χ0) is 12.4. The zero-order valence-corrected chi connectivity index (χ0v) is 11.0. The van der Waals surface area contributed by atoms with Gasteiger partial charge in [-0.05, 0) is 53.0 Å². The highest BCUT2D eigenvalue weighted by atomic mass is 79.9. The van der Waals surface area contributed by atoms with Crippen LogP contribution in [0, 0.1) is 12.7 Å². The first-order chi connectivity index (χ1) is 8.06. The molecule has 0 fully saturated rings. The van der Waals surface area contributed by atoms with E-state index in [-0.39, 0.29) is 11.9 Å². The topological polar surface area (TPSA) is 39.2 Å². The van der Waals surface area contributed by atoms with Gasteiger partial charge in [-0.1, -0.05) is 6.07 Å². The first-order valence-corrected chi connectivity index (χ1v) is 6.10. The Kier molecular flexibility index (Phi) is 3.64. The predicted molar refractivity (Wildman–Crippen MR) is 68.2 cm³/mol. The molecule has 0 bridgehead atoms. The molecule has 0 aliphatic rings. The highest BCUT2D eigenvalue weighted by Gasteiger charge is 2.10. The lowest BCUT2D eigenvalue weighted by Crippen LogP contribution is -2.12. The summed E-state index contributed by atoms with van der Waals surface area (Å²) in [5, 5.41) is 0. The molecule has 0 aliphatic heterocycles. The standard InChI is InChI=1S/C13H13BrFNO/c1-8-4-10(7-17-8)13(16)6-9-2-3-12(15)11(14)5-9/h2-5,7,13H,6,16H2,1H3. The summed E-state index contributed by atoms with van der Waals surface area (Å²) in [6.45, 7) is 1.88. The number of aryl methyl sites for hydroxylation is 1. The number of furan rings is 1. The minimum absolute atomic E-state index is 0.134. The largest absolute Gasteiger partial charge is 0.469 e. The van der Waals surface area contributed by atoms with Crippen molar-refractivity contribution in [2.75, 3.05) is 0 Å². The van der Waals surface area contributed by atoms with E-state index in [1.54, 1.807) is 18.4 Å². The third kappa shape index (κ3) is 2.96. The minimum atomic E-state index is -0.263. The second-order valence-electron chi connectivity index (χ2n) is 4.05. The summed E-state index contributed by atoms with van der Waals surface area (Å²) in [6.07, 6.45) is 2.32. The van der Waals surface area contributed by atoms with Gasteiger partial charge in [-0.25, -0.2) is 4.39 Å². The maximum absolute atomic E-state index is 13.1. The summed E-state index contributed by atoms with van der Waals surface area (Å²) < 4.78 is 18.7. The van der Waals surface area contributed by atoms with Crippen LogP contribution in [-0.4, -0.2) is 0 Å². The molecular formula is C13H13BrFNO. The summed E-state index contributed by atoms with van der Waals surface area (Å²) in [5.74, 6) is 0.581. The SMILES string of the molecule is Cc1cc(C(N)Cc2ccc(F)c(Br)c2)co1. The number of halogens is 2. The van der Waals surface area contributed by atoms with Crippen molar-refractivity contribution >= 4 is 15.9 Å². The van der Waals surface area contributed by atoms with Gasteiger partial charge in [0.25, 0.3) is 0 Å². The lowest BCUT2D eigenvalue weighted by Gasteiger charge is -2.09. The maximum atomic E-state index is 13.1. The molecule has 2 rings (SSSR count). The Hall–Kier alpha value is -1.13. The second kappa shape index (κ2) is 5.02. The van der Waals surface area contributed by atoms with E-state index >= 15 is 0 Å². The second-order valence-corrected chi connectivity index (χ2v) is 4.90. The van der Waals surface area contributed by atoms with E-state index in [4.69, 9.17) is 10.2 Å². The van der Waals surface area contributed by atoms with Gasteiger partial charge in [0.15, 0.2) is 0 Å². The summed E-state index contributed by atoms with van der Waals surface area (Å²) in [4.78, 5) is 0. The van der Waals surface area contributed by atoms with Crippen molar-refractivity contribution < 1.29 is 8.81 Å². The Morgan fingerprint density at radius 1 is 1.41 bits per heavy atom. The summed E-state index contributed by atoms with van der Waals surface area (Å²) in [6, 6.07) is 6.72. The van der Waals surface area contributed by atoms with Crippen molar-refractivity contribution in [2.24, 2.45) is 5.73 Å². The zero-order valence-electron chi connectivity index (χ0n) is 9.41. The molecule has 1 aromatic heterocycles. The third-order valence-corrected chi connectivity index (χ3v) is 3.23. The molecule has 1 aromatic carbocycles. The van der Waals surface area contributed by atoms with Crippen molar-refractivity contribution in [3.63, 3.8) is 0 Å². The fourth-order valence-electron chi connectivity index (χ4n) is 1.70. The Labute approximate surface area is 108 Å². The van der Waals surface area contributed by atoms with Crippen LogP contribution < -0.4 is 5.73 Å². The van der Waals surface area contributed by atoms with Crippen molar-refractivity contribution in [1.29, 1.82) is 0 Å². The van der Waals surface area contributed by atoms with Crippen LogP contribution >= 0.6 is 15.9 Å². The van der Waals surface area contributed by atoms with Gasteiger partial charge in [0.1, 0.15) is 11.6 Å². The average molecular weight is 298 g/mol. The lowest BCUT2D eigenvalue weighted by atomic mass is 10.0. The molecule has 0 saturated carbocycles. The fourth-order valence-corrected chi connectivity index (χ4v) is 2.12. The number of hydrogen-bond donors (Lipinski definition) is 1. The first kappa shape index (κ1) is 12.3. The van der Waals surface area contributed by atoms with Gasteiger partial charge in [0, 0.05) is 11.6 Å². The molecule has 0 amide bonds. The van der Waals surface area contributed by atoms with Crippen LogP contribution in [0.15, 0.2) is 39.4 Å². The van der Waals surface area contributed by atoms with Crippen LogP contribution in [0.3, 0.4) is 0 Å². The molecular weight excluding hydrogens is 285 g/mol. The van der Waals surface area contributed by atoms with Gasteiger partial charge in [0.05, 0.1) is 10.7 Å². The van der Waals surface area contributed by atoms with Crippen molar-refractivity contribution in [2.45, 2.75) is 19.4 Å². The molecule has 1 unspecified atom stereocenters. The molecule has 1 heterocycles. The number of benzene rings is 1. The van der Waals surface area contributed by atoms with E-state index in [2.05, 4.69) is 15.9 Å². The summed E-state index contributed by atoms with van der Waals surface area (Å²) in [5.41, 5.74) is 8.01. The van der Waals surface area contributed by atoms with Gasteiger partial charge < -0.3 is 10.2 Å².